The fourth-order valence-corrected chi connectivity index (χ4v) is 1.89. The predicted molar refractivity (Wildman–Crippen MR) is 70.7 cm³/mol. The molecule has 0 radical (unpaired) electrons. The van der Waals surface area contributed by atoms with Crippen LogP contribution < -0.4 is 10.1 Å². The summed E-state index contributed by atoms with van der Waals surface area (Å²) in [4.78, 5) is 4.37. The molecule has 19 heavy (non-hydrogen) atoms. The molecule has 1 aromatic carbocycles. The van der Waals surface area contributed by atoms with E-state index in [0.29, 0.717) is 18.3 Å². The first kappa shape index (κ1) is 12.2. The highest BCUT2D eigenvalue weighted by atomic mass is 16.5. The summed E-state index contributed by atoms with van der Waals surface area (Å²) in [7, 11) is 1.65. The van der Waals surface area contributed by atoms with Crippen LogP contribution in [0.25, 0.3) is 11.4 Å². The Morgan fingerprint density at radius 2 is 2.11 bits per heavy atom. The highest BCUT2D eigenvalue weighted by Gasteiger charge is 2.20. The minimum absolute atomic E-state index is 0.617. The summed E-state index contributed by atoms with van der Waals surface area (Å²) in [6.45, 7) is 1.68. The van der Waals surface area contributed by atoms with Crippen LogP contribution in [0.4, 0.5) is 0 Å². The van der Waals surface area contributed by atoms with Gasteiger partial charge in [-0.25, -0.2) is 0 Å². The fraction of sp³-hybridized carbons (Fsp3) is 0.429. The van der Waals surface area contributed by atoms with Gasteiger partial charge in [-0.05, 0) is 49.6 Å². The number of aromatic nitrogens is 2. The number of hydrogen-bond acceptors (Lipinski definition) is 5. The zero-order valence-corrected chi connectivity index (χ0v) is 10.9. The van der Waals surface area contributed by atoms with Crippen molar-refractivity contribution in [3.8, 4) is 17.1 Å². The monoisotopic (exact) mass is 259 g/mol. The zero-order valence-electron chi connectivity index (χ0n) is 10.9. The predicted octanol–water partition coefficient (Wildman–Crippen LogP) is 2.24. The molecule has 5 nitrogen and oxygen atoms in total. The largest absolute Gasteiger partial charge is 0.497 e. The lowest BCUT2D eigenvalue weighted by atomic mass is 10.2. The maximum Gasteiger partial charge on any atom is 0.240 e. The lowest BCUT2D eigenvalue weighted by Gasteiger charge is -1.99. The summed E-state index contributed by atoms with van der Waals surface area (Å²) in [5.41, 5.74) is 0.929. The van der Waals surface area contributed by atoms with Crippen LogP contribution in [-0.4, -0.2) is 23.8 Å². The van der Waals surface area contributed by atoms with Crippen molar-refractivity contribution in [1.82, 2.24) is 15.5 Å². The SMILES string of the molecule is COc1ccc(-c2noc(CNCC3CC3)n2)cc1. The van der Waals surface area contributed by atoms with E-state index in [1.807, 2.05) is 24.3 Å². The average molecular weight is 259 g/mol. The van der Waals surface area contributed by atoms with Crippen molar-refractivity contribution in [3.05, 3.63) is 30.2 Å². The van der Waals surface area contributed by atoms with Gasteiger partial charge in [-0.1, -0.05) is 5.16 Å². The molecular weight excluding hydrogens is 242 g/mol. The summed E-state index contributed by atoms with van der Waals surface area (Å²) in [6, 6.07) is 7.61. The molecule has 0 spiro atoms. The maximum atomic E-state index is 5.22. The van der Waals surface area contributed by atoms with Crippen LogP contribution in [0.2, 0.25) is 0 Å². The minimum Gasteiger partial charge on any atom is -0.497 e. The summed E-state index contributed by atoms with van der Waals surface area (Å²) < 4.78 is 10.3. The highest BCUT2D eigenvalue weighted by molar-refractivity contribution is 5.55. The van der Waals surface area contributed by atoms with Crippen molar-refractivity contribution in [2.24, 2.45) is 5.92 Å². The van der Waals surface area contributed by atoms with Crippen LogP contribution in [0.5, 0.6) is 5.75 Å². The number of methoxy groups -OCH3 is 1. The number of nitrogens with one attached hydrogen (secondary N) is 1. The van der Waals surface area contributed by atoms with Gasteiger partial charge >= 0.3 is 0 Å². The molecule has 0 bridgehead atoms. The first-order valence-corrected chi connectivity index (χ1v) is 6.53. The second-order valence-electron chi connectivity index (χ2n) is 4.81. The van der Waals surface area contributed by atoms with Crippen molar-refractivity contribution in [3.63, 3.8) is 0 Å². The molecule has 2 aromatic rings. The Kier molecular flexibility index (Phi) is 3.46. The van der Waals surface area contributed by atoms with Gasteiger partial charge in [0.15, 0.2) is 0 Å². The molecule has 1 heterocycles. The molecule has 100 valence electrons. The normalized spacial score (nSPS) is 14.6. The molecule has 0 atom stereocenters. The summed E-state index contributed by atoms with van der Waals surface area (Å²) in [5, 5.41) is 7.32. The Bertz CT molecular complexity index is 532. The molecule has 0 aliphatic heterocycles. The standard InChI is InChI=1S/C14H17N3O2/c1-18-12-6-4-11(5-7-12)14-16-13(19-17-14)9-15-8-10-2-3-10/h4-7,10,15H,2-3,8-9H2,1H3. The number of hydrogen-bond donors (Lipinski definition) is 1. The Hall–Kier alpha value is -1.88. The molecule has 0 amide bonds. The van der Waals surface area contributed by atoms with Gasteiger partial charge < -0.3 is 14.6 Å². The van der Waals surface area contributed by atoms with E-state index in [0.717, 1.165) is 23.8 Å². The average Bonchev–Trinajstić information content (AvgIpc) is 3.15. The van der Waals surface area contributed by atoms with E-state index < -0.39 is 0 Å². The maximum absolute atomic E-state index is 5.22. The van der Waals surface area contributed by atoms with E-state index in [9.17, 15) is 0 Å². The number of benzene rings is 1. The quantitative estimate of drug-likeness (QED) is 0.862. The Balaban J connectivity index is 1.61. The Morgan fingerprint density at radius 1 is 1.32 bits per heavy atom. The first-order chi connectivity index (χ1) is 9.35. The van der Waals surface area contributed by atoms with Crippen LogP contribution in [0, 0.1) is 5.92 Å². The van der Waals surface area contributed by atoms with Crippen molar-refractivity contribution in [2.45, 2.75) is 19.4 Å². The Morgan fingerprint density at radius 3 is 2.79 bits per heavy atom. The number of nitrogens with zero attached hydrogens (tertiary/aromatic N) is 2. The summed E-state index contributed by atoms with van der Waals surface area (Å²) >= 11 is 0. The van der Waals surface area contributed by atoms with Crippen molar-refractivity contribution < 1.29 is 9.26 Å². The first-order valence-electron chi connectivity index (χ1n) is 6.53. The van der Waals surface area contributed by atoms with E-state index in [1.54, 1.807) is 7.11 Å². The third kappa shape index (κ3) is 3.12. The Labute approximate surface area is 112 Å². The number of ether oxygens (including phenoxy) is 1. The molecule has 0 unspecified atom stereocenters. The molecule has 1 saturated carbocycles. The lowest BCUT2D eigenvalue weighted by molar-refractivity contribution is 0.367. The molecule has 1 aromatic heterocycles. The molecule has 5 heteroatoms. The second-order valence-corrected chi connectivity index (χ2v) is 4.81. The highest BCUT2D eigenvalue weighted by Crippen LogP contribution is 2.27. The topological polar surface area (TPSA) is 60.2 Å². The van der Waals surface area contributed by atoms with Crippen molar-refractivity contribution in [1.29, 1.82) is 0 Å². The zero-order chi connectivity index (χ0) is 13.1. The van der Waals surface area contributed by atoms with E-state index in [1.165, 1.54) is 12.8 Å². The van der Waals surface area contributed by atoms with E-state index >= 15 is 0 Å². The molecular formula is C14H17N3O2. The molecule has 1 aliphatic carbocycles. The fourth-order valence-electron chi connectivity index (χ4n) is 1.89. The van der Waals surface area contributed by atoms with Gasteiger partial charge in [-0.15, -0.1) is 0 Å². The lowest BCUT2D eigenvalue weighted by Crippen LogP contribution is -2.16. The second kappa shape index (κ2) is 5.40. The van der Waals surface area contributed by atoms with E-state index in [2.05, 4.69) is 15.5 Å². The smallest absolute Gasteiger partial charge is 0.240 e. The molecule has 1 N–H and O–H groups in total. The molecule has 1 aliphatic rings. The van der Waals surface area contributed by atoms with Crippen molar-refractivity contribution in [2.75, 3.05) is 13.7 Å². The van der Waals surface area contributed by atoms with Crippen LogP contribution in [0.1, 0.15) is 18.7 Å². The van der Waals surface area contributed by atoms with E-state index in [4.69, 9.17) is 9.26 Å². The van der Waals surface area contributed by atoms with Crippen LogP contribution >= 0.6 is 0 Å². The van der Waals surface area contributed by atoms with Crippen molar-refractivity contribution >= 4 is 0 Å². The third-order valence-corrected chi connectivity index (χ3v) is 3.22. The van der Waals surface area contributed by atoms with Gasteiger partial charge in [0.25, 0.3) is 0 Å². The van der Waals surface area contributed by atoms with Gasteiger partial charge in [-0.2, -0.15) is 4.98 Å². The van der Waals surface area contributed by atoms with Gasteiger partial charge in [0.05, 0.1) is 13.7 Å². The van der Waals surface area contributed by atoms with E-state index in [-0.39, 0.29) is 0 Å². The minimum atomic E-state index is 0.617. The molecule has 1 fully saturated rings. The van der Waals surface area contributed by atoms with Gasteiger partial charge in [0, 0.05) is 5.56 Å². The van der Waals surface area contributed by atoms with Gasteiger partial charge in [-0.3, -0.25) is 0 Å². The van der Waals surface area contributed by atoms with Crippen LogP contribution in [-0.2, 0) is 6.54 Å². The molecule has 0 saturated heterocycles. The van der Waals surface area contributed by atoms with Gasteiger partial charge in [0.2, 0.25) is 11.7 Å². The van der Waals surface area contributed by atoms with Crippen LogP contribution in [0.15, 0.2) is 28.8 Å². The summed E-state index contributed by atoms with van der Waals surface area (Å²) in [6.07, 6.45) is 2.68. The van der Waals surface area contributed by atoms with Crippen LogP contribution in [0.3, 0.4) is 0 Å². The van der Waals surface area contributed by atoms with Gasteiger partial charge in [0.1, 0.15) is 5.75 Å². The third-order valence-electron chi connectivity index (χ3n) is 3.22. The molecule has 3 rings (SSSR count). The summed E-state index contributed by atoms with van der Waals surface area (Å²) in [5.74, 6) is 2.92. The number of rotatable bonds is 6.